The molecule has 0 bridgehead atoms. The molecule has 0 radical (unpaired) electrons. The first-order chi connectivity index (χ1) is 7.70. The molecule has 17 heavy (non-hydrogen) atoms. The Bertz CT molecular complexity index is 372. The molecule has 0 saturated carbocycles. The van der Waals surface area contributed by atoms with Crippen molar-refractivity contribution in [2.75, 3.05) is 6.61 Å². The van der Waals surface area contributed by atoms with E-state index in [1.165, 1.54) is 6.07 Å². The van der Waals surface area contributed by atoms with Crippen molar-refractivity contribution in [1.82, 2.24) is 0 Å². The summed E-state index contributed by atoms with van der Waals surface area (Å²) in [6, 6.07) is 4.21. The Morgan fingerprint density at radius 3 is 2.18 bits per heavy atom. The van der Waals surface area contributed by atoms with E-state index in [0.29, 0.717) is 0 Å². The number of hydrogen-bond acceptors (Lipinski definition) is 1. The van der Waals surface area contributed by atoms with Crippen LogP contribution in [0.15, 0.2) is 24.3 Å². The lowest BCUT2D eigenvalue weighted by molar-refractivity contribution is -0.139. The van der Waals surface area contributed by atoms with E-state index in [1.54, 1.807) is 0 Å². The average Bonchev–Trinajstić information content (AvgIpc) is 2.15. The van der Waals surface area contributed by atoms with Gasteiger partial charge in [0.15, 0.2) is 0 Å². The molecule has 1 aromatic rings. The smallest absolute Gasteiger partial charge is 0.496 e. The molecule has 0 spiro atoms. The quantitative estimate of drug-likeness (QED) is 0.594. The molecule has 8 heteroatoms. The van der Waals surface area contributed by atoms with Gasteiger partial charge in [-0.05, 0) is 6.07 Å². The van der Waals surface area contributed by atoms with Crippen LogP contribution in [0.2, 0.25) is 0 Å². The molecule has 0 amide bonds. The Kier molecular flexibility index (Phi) is 3.95. The van der Waals surface area contributed by atoms with Crippen LogP contribution in [0.3, 0.4) is 0 Å². The molecule has 1 aromatic carbocycles. The Morgan fingerprint density at radius 2 is 1.65 bits per heavy atom. The minimum absolute atomic E-state index is 0.566. The van der Waals surface area contributed by atoms with Crippen molar-refractivity contribution < 1.29 is 30.9 Å². The van der Waals surface area contributed by atoms with Crippen LogP contribution in [0.4, 0.5) is 26.1 Å². The van der Waals surface area contributed by atoms with Gasteiger partial charge in [-0.1, -0.05) is 23.7 Å². The SMILES string of the molecule is F[B-](F)(F)c1ccccc1OCCC(F)(F)F. The van der Waals surface area contributed by atoms with Crippen molar-refractivity contribution in [1.29, 1.82) is 0 Å². The first-order valence-electron chi connectivity index (χ1n) is 4.68. The third kappa shape index (κ3) is 4.58. The normalized spacial score (nSPS) is 12.6. The number of benzene rings is 1. The fourth-order valence-corrected chi connectivity index (χ4v) is 1.16. The first-order valence-corrected chi connectivity index (χ1v) is 4.68. The molecule has 0 aromatic heterocycles. The van der Waals surface area contributed by atoms with E-state index in [-0.39, 0.29) is 0 Å². The van der Waals surface area contributed by atoms with Crippen molar-refractivity contribution in [3.05, 3.63) is 24.3 Å². The monoisotopic (exact) mass is 257 g/mol. The molecule has 0 heterocycles. The summed E-state index contributed by atoms with van der Waals surface area (Å²) in [6.45, 7) is -6.12. The summed E-state index contributed by atoms with van der Waals surface area (Å²) < 4.78 is 77.3. The first kappa shape index (κ1) is 13.7. The van der Waals surface area contributed by atoms with E-state index in [1.807, 2.05) is 0 Å². The van der Waals surface area contributed by atoms with Gasteiger partial charge in [-0.25, -0.2) is 0 Å². The highest BCUT2D eigenvalue weighted by atomic mass is 19.4. The number of alkyl halides is 3. The van der Waals surface area contributed by atoms with Crippen LogP contribution < -0.4 is 10.2 Å². The maximum atomic E-state index is 12.5. The zero-order chi connectivity index (χ0) is 13.1. The molecule has 1 nitrogen and oxygen atoms in total. The number of para-hydroxylation sites is 1. The number of halogens is 6. The van der Waals surface area contributed by atoms with Gasteiger partial charge in [-0.2, -0.15) is 13.2 Å². The summed E-state index contributed by atoms with van der Waals surface area (Å²) >= 11 is 0. The predicted octanol–water partition coefficient (Wildman–Crippen LogP) is 3.07. The molecular formula is C9H8BF6O-. The van der Waals surface area contributed by atoms with Crippen LogP contribution in [-0.4, -0.2) is 19.8 Å². The van der Waals surface area contributed by atoms with E-state index in [0.717, 1.165) is 18.2 Å². The fraction of sp³-hybridized carbons (Fsp3) is 0.333. The number of ether oxygens (including phenoxy) is 1. The van der Waals surface area contributed by atoms with Crippen LogP contribution in [-0.2, 0) is 0 Å². The lowest BCUT2D eigenvalue weighted by Gasteiger charge is -2.19. The van der Waals surface area contributed by atoms with Crippen LogP contribution >= 0.6 is 0 Å². The molecule has 0 saturated heterocycles. The molecule has 0 aliphatic carbocycles. The highest BCUT2D eigenvalue weighted by molar-refractivity contribution is 6.74. The lowest BCUT2D eigenvalue weighted by Crippen LogP contribution is -2.35. The minimum Gasteiger partial charge on any atom is -0.496 e. The Labute approximate surface area is 93.4 Å². The summed E-state index contributed by atoms with van der Waals surface area (Å²) in [7, 11) is 0. The molecule has 0 aliphatic heterocycles. The van der Waals surface area contributed by atoms with Crippen LogP contribution in [0.1, 0.15) is 6.42 Å². The van der Waals surface area contributed by atoms with Crippen molar-refractivity contribution in [3.8, 4) is 5.75 Å². The average molecular weight is 257 g/mol. The van der Waals surface area contributed by atoms with Gasteiger partial charge in [0.2, 0.25) is 0 Å². The second-order valence-electron chi connectivity index (χ2n) is 3.33. The lowest BCUT2D eigenvalue weighted by atomic mass is 9.79. The van der Waals surface area contributed by atoms with Gasteiger partial charge in [0.25, 0.3) is 0 Å². The summed E-state index contributed by atoms with van der Waals surface area (Å²) in [5.74, 6) is -0.566. The summed E-state index contributed by atoms with van der Waals surface area (Å²) in [5, 5.41) is 0. The van der Waals surface area contributed by atoms with Crippen molar-refractivity contribution >= 4 is 12.4 Å². The zero-order valence-electron chi connectivity index (χ0n) is 8.48. The van der Waals surface area contributed by atoms with Crippen molar-refractivity contribution in [2.24, 2.45) is 0 Å². The Hall–Kier alpha value is -1.34. The molecule has 0 atom stereocenters. The summed E-state index contributed by atoms with van der Waals surface area (Å²) in [4.78, 5) is 0. The van der Waals surface area contributed by atoms with Crippen molar-refractivity contribution in [3.63, 3.8) is 0 Å². The van der Waals surface area contributed by atoms with Gasteiger partial charge in [0, 0.05) is 0 Å². The van der Waals surface area contributed by atoms with Gasteiger partial charge in [-0.3, -0.25) is 0 Å². The molecule has 1 rings (SSSR count). The standard InChI is InChI=1S/C9H8BF6O/c11-9(12,13)5-6-17-8-4-2-1-3-7(8)10(14,15)16/h1-4H,5-6H2/q-1. The van der Waals surface area contributed by atoms with Crippen LogP contribution in [0, 0.1) is 0 Å². The molecule has 0 unspecified atom stereocenters. The summed E-state index contributed by atoms with van der Waals surface area (Å²) in [5.41, 5.74) is -1.02. The van der Waals surface area contributed by atoms with Gasteiger partial charge in [0.1, 0.15) is 0 Å². The molecule has 96 valence electrons. The molecule has 0 fully saturated rings. The maximum absolute atomic E-state index is 12.5. The maximum Gasteiger partial charge on any atom is 0.513 e. The minimum atomic E-state index is -5.29. The second kappa shape index (κ2) is 4.89. The highest BCUT2D eigenvalue weighted by Gasteiger charge is 2.30. The molecule has 0 aliphatic rings. The van der Waals surface area contributed by atoms with E-state index in [2.05, 4.69) is 4.74 Å². The second-order valence-corrected chi connectivity index (χ2v) is 3.33. The van der Waals surface area contributed by atoms with Crippen molar-refractivity contribution in [2.45, 2.75) is 12.6 Å². The van der Waals surface area contributed by atoms with Gasteiger partial charge in [0.05, 0.1) is 18.8 Å². The van der Waals surface area contributed by atoms with Gasteiger partial charge < -0.3 is 17.7 Å². The van der Waals surface area contributed by atoms with Crippen LogP contribution in [0.5, 0.6) is 5.75 Å². The predicted molar refractivity (Wildman–Crippen MR) is 51.3 cm³/mol. The van der Waals surface area contributed by atoms with E-state index < -0.39 is 37.4 Å². The Balaban J connectivity index is 2.72. The van der Waals surface area contributed by atoms with Gasteiger partial charge in [-0.15, -0.1) is 0 Å². The molecule has 0 N–H and O–H groups in total. The fourth-order valence-electron chi connectivity index (χ4n) is 1.16. The van der Waals surface area contributed by atoms with E-state index in [9.17, 15) is 26.1 Å². The van der Waals surface area contributed by atoms with E-state index in [4.69, 9.17) is 0 Å². The van der Waals surface area contributed by atoms with E-state index >= 15 is 0 Å². The van der Waals surface area contributed by atoms with Gasteiger partial charge >= 0.3 is 13.2 Å². The third-order valence-corrected chi connectivity index (χ3v) is 1.91. The largest absolute Gasteiger partial charge is 0.513 e. The van der Waals surface area contributed by atoms with Crippen LogP contribution in [0.25, 0.3) is 0 Å². The number of rotatable bonds is 4. The summed E-state index contributed by atoms with van der Waals surface area (Å²) in [6.07, 6.45) is -5.73. The Morgan fingerprint density at radius 1 is 1.06 bits per heavy atom. The zero-order valence-corrected chi connectivity index (χ0v) is 8.48. The number of hydrogen-bond donors (Lipinski definition) is 0. The molecular weight excluding hydrogens is 249 g/mol. The highest BCUT2D eigenvalue weighted by Crippen LogP contribution is 2.21. The third-order valence-electron chi connectivity index (χ3n) is 1.91. The topological polar surface area (TPSA) is 9.23 Å².